The minimum atomic E-state index is -0.222. The minimum absolute atomic E-state index is 0.0168. The van der Waals surface area contributed by atoms with E-state index in [2.05, 4.69) is 31.1 Å². The fourth-order valence-electron chi connectivity index (χ4n) is 2.42. The van der Waals surface area contributed by atoms with Crippen molar-refractivity contribution in [3.8, 4) is 0 Å². The number of benzene rings is 1. The first kappa shape index (κ1) is 18.6. The molecule has 0 aliphatic heterocycles. The zero-order chi connectivity index (χ0) is 18.4. The van der Waals surface area contributed by atoms with Gasteiger partial charge in [-0.05, 0) is 35.2 Å². The van der Waals surface area contributed by atoms with Gasteiger partial charge in [0.2, 0.25) is 11.8 Å². The molecule has 0 unspecified atom stereocenters. The fraction of sp³-hybridized carbons (Fsp3) is 0.350. The van der Waals surface area contributed by atoms with Gasteiger partial charge in [-0.1, -0.05) is 39.0 Å². The van der Waals surface area contributed by atoms with Gasteiger partial charge in [-0.25, -0.2) is 0 Å². The van der Waals surface area contributed by atoms with Crippen LogP contribution in [0.25, 0.3) is 0 Å². The Morgan fingerprint density at radius 2 is 1.76 bits per heavy atom. The second-order valence-electron chi connectivity index (χ2n) is 7.00. The molecule has 2 amide bonds. The maximum atomic E-state index is 12.2. The number of hydrogen-bond acceptors (Lipinski definition) is 3. The lowest BCUT2D eigenvalue weighted by Crippen LogP contribution is -2.39. The maximum absolute atomic E-state index is 12.2. The van der Waals surface area contributed by atoms with E-state index < -0.39 is 0 Å². The molecule has 1 aromatic carbocycles. The Morgan fingerprint density at radius 1 is 1.08 bits per heavy atom. The molecule has 0 saturated carbocycles. The number of carbonyl (C=O) groups is 2. The second kappa shape index (κ2) is 7.92. The molecule has 0 saturated heterocycles. The van der Waals surface area contributed by atoms with E-state index in [0.29, 0.717) is 12.2 Å². The van der Waals surface area contributed by atoms with Crippen molar-refractivity contribution in [1.82, 2.24) is 10.3 Å². The lowest BCUT2D eigenvalue weighted by molar-refractivity contribution is -0.123. The number of pyridine rings is 1. The summed E-state index contributed by atoms with van der Waals surface area (Å²) < 4.78 is 0. The SMILES string of the molecule is CC(=O)N(CC(=O)NCc1ccccn1)c1ccc(C(C)(C)C)cc1. The van der Waals surface area contributed by atoms with E-state index in [1.165, 1.54) is 17.4 Å². The first-order valence-electron chi connectivity index (χ1n) is 8.32. The van der Waals surface area contributed by atoms with Crippen LogP contribution in [-0.4, -0.2) is 23.3 Å². The molecule has 0 aliphatic carbocycles. The topological polar surface area (TPSA) is 62.3 Å². The molecule has 25 heavy (non-hydrogen) atoms. The van der Waals surface area contributed by atoms with E-state index in [-0.39, 0.29) is 23.8 Å². The van der Waals surface area contributed by atoms with Crippen LogP contribution < -0.4 is 10.2 Å². The van der Waals surface area contributed by atoms with Crippen molar-refractivity contribution in [2.45, 2.75) is 39.7 Å². The van der Waals surface area contributed by atoms with Gasteiger partial charge in [-0.15, -0.1) is 0 Å². The zero-order valence-corrected chi connectivity index (χ0v) is 15.2. The molecule has 1 aromatic heterocycles. The van der Waals surface area contributed by atoms with Crippen LogP contribution in [0.3, 0.4) is 0 Å². The maximum Gasteiger partial charge on any atom is 0.240 e. The Balaban J connectivity index is 2.03. The predicted octanol–water partition coefficient (Wildman–Crippen LogP) is 3.05. The molecule has 1 heterocycles. The molecule has 1 N–H and O–H groups in total. The van der Waals surface area contributed by atoms with E-state index in [1.54, 1.807) is 6.20 Å². The van der Waals surface area contributed by atoms with Gasteiger partial charge in [-0.2, -0.15) is 0 Å². The number of nitrogens with one attached hydrogen (secondary N) is 1. The van der Waals surface area contributed by atoms with E-state index in [4.69, 9.17) is 0 Å². The largest absolute Gasteiger partial charge is 0.349 e. The van der Waals surface area contributed by atoms with Gasteiger partial charge in [0.05, 0.1) is 12.2 Å². The Hall–Kier alpha value is -2.69. The summed E-state index contributed by atoms with van der Waals surface area (Å²) >= 11 is 0. The number of hydrogen-bond donors (Lipinski definition) is 1. The van der Waals surface area contributed by atoms with E-state index in [0.717, 1.165) is 5.69 Å². The van der Waals surface area contributed by atoms with Crippen molar-refractivity contribution < 1.29 is 9.59 Å². The highest BCUT2D eigenvalue weighted by Gasteiger charge is 2.18. The molecule has 0 fully saturated rings. The van der Waals surface area contributed by atoms with Crippen LogP contribution in [0, 0.1) is 0 Å². The van der Waals surface area contributed by atoms with Crippen LogP contribution >= 0.6 is 0 Å². The van der Waals surface area contributed by atoms with Crippen molar-refractivity contribution in [2.24, 2.45) is 0 Å². The van der Waals surface area contributed by atoms with Crippen molar-refractivity contribution in [2.75, 3.05) is 11.4 Å². The molecule has 132 valence electrons. The third kappa shape index (κ3) is 5.41. The lowest BCUT2D eigenvalue weighted by atomic mass is 9.87. The van der Waals surface area contributed by atoms with Crippen LogP contribution in [0.5, 0.6) is 0 Å². The summed E-state index contributed by atoms with van der Waals surface area (Å²) in [6.45, 7) is 8.19. The summed E-state index contributed by atoms with van der Waals surface area (Å²) in [4.78, 5) is 29.8. The van der Waals surface area contributed by atoms with Crippen LogP contribution in [-0.2, 0) is 21.5 Å². The number of nitrogens with zero attached hydrogens (tertiary/aromatic N) is 2. The Kier molecular flexibility index (Phi) is 5.91. The highest BCUT2D eigenvalue weighted by atomic mass is 16.2. The molecule has 5 heteroatoms. The fourth-order valence-corrected chi connectivity index (χ4v) is 2.42. The second-order valence-corrected chi connectivity index (χ2v) is 7.00. The first-order valence-corrected chi connectivity index (χ1v) is 8.32. The molecule has 5 nitrogen and oxygen atoms in total. The smallest absolute Gasteiger partial charge is 0.240 e. The molecule has 0 radical (unpaired) electrons. The molecular formula is C20H25N3O2. The van der Waals surface area contributed by atoms with Gasteiger partial charge in [0, 0.05) is 18.8 Å². The molecular weight excluding hydrogens is 314 g/mol. The van der Waals surface area contributed by atoms with E-state index in [9.17, 15) is 9.59 Å². The summed E-state index contributed by atoms with van der Waals surface area (Å²) in [6.07, 6.45) is 1.68. The van der Waals surface area contributed by atoms with E-state index >= 15 is 0 Å². The number of rotatable bonds is 5. The number of aromatic nitrogens is 1. The van der Waals surface area contributed by atoms with Crippen molar-refractivity contribution in [3.63, 3.8) is 0 Å². The van der Waals surface area contributed by atoms with Gasteiger partial charge >= 0.3 is 0 Å². The van der Waals surface area contributed by atoms with E-state index in [1.807, 2.05) is 42.5 Å². The zero-order valence-electron chi connectivity index (χ0n) is 15.2. The average Bonchev–Trinajstić information content (AvgIpc) is 2.58. The van der Waals surface area contributed by atoms with Crippen LogP contribution in [0.4, 0.5) is 5.69 Å². The highest BCUT2D eigenvalue weighted by molar-refractivity contribution is 5.97. The molecule has 0 aliphatic rings. The summed E-state index contributed by atoms with van der Waals surface area (Å²) in [6, 6.07) is 13.3. The summed E-state index contributed by atoms with van der Waals surface area (Å²) in [5, 5.41) is 2.79. The monoisotopic (exact) mass is 339 g/mol. The van der Waals surface area contributed by atoms with Crippen LogP contribution in [0.15, 0.2) is 48.7 Å². The number of amides is 2. The Bertz CT molecular complexity index is 719. The van der Waals surface area contributed by atoms with Crippen molar-refractivity contribution in [3.05, 3.63) is 59.9 Å². The summed E-state index contributed by atoms with van der Waals surface area (Å²) in [7, 11) is 0. The molecule has 2 aromatic rings. The van der Waals surface area contributed by atoms with Gasteiger partial charge in [-0.3, -0.25) is 14.6 Å². The van der Waals surface area contributed by atoms with Crippen molar-refractivity contribution >= 4 is 17.5 Å². The third-order valence-corrected chi connectivity index (χ3v) is 3.92. The normalized spacial score (nSPS) is 11.0. The summed E-state index contributed by atoms with van der Waals surface area (Å²) in [5.74, 6) is -0.391. The third-order valence-electron chi connectivity index (χ3n) is 3.92. The van der Waals surface area contributed by atoms with Crippen LogP contribution in [0.1, 0.15) is 39.0 Å². The Morgan fingerprint density at radius 3 is 2.28 bits per heavy atom. The number of anilines is 1. The minimum Gasteiger partial charge on any atom is -0.349 e. The van der Waals surface area contributed by atoms with Gasteiger partial charge < -0.3 is 10.2 Å². The quantitative estimate of drug-likeness (QED) is 0.911. The lowest BCUT2D eigenvalue weighted by Gasteiger charge is -2.23. The standard InChI is InChI=1S/C20H25N3O2/c1-15(24)23(18-10-8-16(9-11-18)20(2,3)4)14-19(25)22-13-17-7-5-6-12-21-17/h5-12H,13-14H2,1-4H3,(H,22,25). The van der Waals surface area contributed by atoms with Gasteiger partial charge in [0.1, 0.15) is 6.54 Å². The average molecular weight is 339 g/mol. The predicted molar refractivity (Wildman–Crippen MR) is 99.3 cm³/mol. The molecule has 0 bridgehead atoms. The molecule has 0 spiro atoms. The van der Waals surface area contributed by atoms with Gasteiger partial charge in [0.15, 0.2) is 0 Å². The summed E-state index contributed by atoms with van der Waals surface area (Å²) in [5.41, 5.74) is 2.72. The first-order chi connectivity index (χ1) is 11.8. The Labute approximate surface area is 149 Å². The van der Waals surface area contributed by atoms with Crippen molar-refractivity contribution in [1.29, 1.82) is 0 Å². The molecule has 2 rings (SSSR count). The molecule has 0 atom stereocenters. The highest BCUT2D eigenvalue weighted by Crippen LogP contribution is 2.25. The van der Waals surface area contributed by atoms with Gasteiger partial charge in [0.25, 0.3) is 0 Å². The van der Waals surface area contributed by atoms with Crippen LogP contribution in [0.2, 0.25) is 0 Å². The number of carbonyl (C=O) groups excluding carboxylic acids is 2.